The minimum Gasteiger partial charge on any atom is -0.330 e. The van der Waals surface area contributed by atoms with Crippen molar-refractivity contribution in [1.82, 2.24) is 14.7 Å². The molecule has 1 aliphatic heterocycles. The molecule has 2 rings (SSSR count). The number of hydrogen-bond donors (Lipinski definition) is 1. The maximum Gasteiger partial charge on any atom is 0.0764 e. The first kappa shape index (κ1) is 13.6. The maximum absolute atomic E-state index is 5.62. The first-order chi connectivity index (χ1) is 8.72. The van der Waals surface area contributed by atoms with Crippen LogP contribution in [0.3, 0.4) is 0 Å². The highest BCUT2D eigenvalue weighted by Crippen LogP contribution is 2.20. The van der Waals surface area contributed by atoms with E-state index in [4.69, 9.17) is 5.73 Å². The van der Waals surface area contributed by atoms with E-state index in [2.05, 4.69) is 40.8 Å². The van der Waals surface area contributed by atoms with Gasteiger partial charge in [-0.25, -0.2) is 0 Å². The number of hydrogen-bond acceptors (Lipinski definition) is 3. The fourth-order valence-electron chi connectivity index (χ4n) is 2.65. The molecule has 0 radical (unpaired) electrons. The lowest BCUT2D eigenvalue weighted by molar-refractivity contribution is 0.307. The fourth-order valence-corrected chi connectivity index (χ4v) is 2.65. The van der Waals surface area contributed by atoms with Crippen molar-refractivity contribution in [1.29, 1.82) is 0 Å². The fraction of sp³-hybridized carbons (Fsp3) is 0.786. The summed E-state index contributed by atoms with van der Waals surface area (Å²) in [6.45, 7) is 8.60. The van der Waals surface area contributed by atoms with Gasteiger partial charge in [-0.3, -0.25) is 9.58 Å². The Labute approximate surface area is 110 Å². The summed E-state index contributed by atoms with van der Waals surface area (Å²) >= 11 is 0. The lowest BCUT2D eigenvalue weighted by Gasteiger charge is -2.14. The summed E-state index contributed by atoms with van der Waals surface area (Å²) < 4.78 is 2.09. The van der Waals surface area contributed by atoms with E-state index in [1.165, 1.54) is 25.2 Å². The van der Waals surface area contributed by atoms with E-state index in [0.717, 1.165) is 31.8 Å². The smallest absolute Gasteiger partial charge is 0.0764 e. The third kappa shape index (κ3) is 3.33. The molecule has 0 aromatic carbocycles. The number of aromatic nitrogens is 2. The average Bonchev–Trinajstić information content (AvgIpc) is 2.99. The standard InChI is InChI=1S/C14H26N4/c1-3-12(2)18-9-6-14(16-18)11-17-8-5-13(10-17)4-7-15/h6,9,12-13H,3-5,7-8,10-11,15H2,1-2H3. The molecule has 2 N–H and O–H groups in total. The van der Waals surface area contributed by atoms with Crippen LogP contribution in [0.2, 0.25) is 0 Å². The molecule has 0 spiro atoms. The minimum atomic E-state index is 0.502. The van der Waals surface area contributed by atoms with Crippen LogP contribution >= 0.6 is 0 Å². The van der Waals surface area contributed by atoms with Crippen LogP contribution in [0.5, 0.6) is 0 Å². The Kier molecular flexibility index (Phi) is 4.78. The van der Waals surface area contributed by atoms with Crippen LogP contribution in [0.25, 0.3) is 0 Å². The van der Waals surface area contributed by atoms with Crippen LogP contribution in [-0.2, 0) is 6.54 Å². The zero-order chi connectivity index (χ0) is 13.0. The van der Waals surface area contributed by atoms with E-state index in [0.29, 0.717) is 6.04 Å². The van der Waals surface area contributed by atoms with E-state index < -0.39 is 0 Å². The van der Waals surface area contributed by atoms with Gasteiger partial charge in [0, 0.05) is 25.3 Å². The van der Waals surface area contributed by atoms with Crippen LogP contribution in [0.15, 0.2) is 12.3 Å². The highest BCUT2D eigenvalue weighted by atomic mass is 15.3. The molecular weight excluding hydrogens is 224 g/mol. The summed E-state index contributed by atoms with van der Waals surface area (Å²) in [5, 5.41) is 4.67. The summed E-state index contributed by atoms with van der Waals surface area (Å²) in [4.78, 5) is 2.50. The Morgan fingerprint density at radius 2 is 2.39 bits per heavy atom. The number of rotatable bonds is 6. The lowest BCUT2D eigenvalue weighted by atomic mass is 10.1. The topological polar surface area (TPSA) is 47.1 Å². The normalized spacial score (nSPS) is 22.5. The first-order valence-corrected chi connectivity index (χ1v) is 7.19. The summed E-state index contributed by atoms with van der Waals surface area (Å²) in [6.07, 6.45) is 5.70. The molecule has 102 valence electrons. The second kappa shape index (κ2) is 6.34. The van der Waals surface area contributed by atoms with Gasteiger partial charge in [0.2, 0.25) is 0 Å². The Morgan fingerprint density at radius 3 is 3.11 bits per heavy atom. The third-order valence-electron chi connectivity index (χ3n) is 4.04. The molecule has 1 fully saturated rings. The predicted molar refractivity (Wildman–Crippen MR) is 74.3 cm³/mol. The Hall–Kier alpha value is -0.870. The molecule has 0 aliphatic carbocycles. The SMILES string of the molecule is CCC(C)n1ccc(CN2CCC(CCN)C2)n1. The molecule has 2 heterocycles. The van der Waals surface area contributed by atoms with E-state index >= 15 is 0 Å². The zero-order valence-corrected chi connectivity index (χ0v) is 11.7. The largest absolute Gasteiger partial charge is 0.330 e. The molecule has 0 bridgehead atoms. The molecule has 1 aromatic heterocycles. The van der Waals surface area contributed by atoms with Gasteiger partial charge < -0.3 is 5.73 Å². The Bertz CT molecular complexity index is 360. The molecule has 0 saturated carbocycles. The monoisotopic (exact) mass is 250 g/mol. The predicted octanol–water partition coefficient (Wildman–Crippen LogP) is 2.02. The van der Waals surface area contributed by atoms with Crippen molar-refractivity contribution in [2.45, 2.75) is 45.7 Å². The van der Waals surface area contributed by atoms with Crippen molar-refractivity contribution in [2.75, 3.05) is 19.6 Å². The van der Waals surface area contributed by atoms with Gasteiger partial charge in [0.25, 0.3) is 0 Å². The van der Waals surface area contributed by atoms with Crippen molar-refractivity contribution in [3.63, 3.8) is 0 Å². The number of nitrogens with two attached hydrogens (primary N) is 1. The molecule has 1 saturated heterocycles. The van der Waals surface area contributed by atoms with E-state index in [-0.39, 0.29) is 0 Å². The highest BCUT2D eigenvalue weighted by Gasteiger charge is 2.22. The van der Waals surface area contributed by atoms with E-state index in [1.54, 1.807) is 0 Å². The van der Waals surface area contributed by atoms with Gasteiger partial charge in [-0.1, -0.05) is 6.92 Å². The molecule has 1 aliphatic rings. The molecule has 18 heavy (non-hydrogen) atoms. The van der Waals surface area contributed by atoms with Crippen molar-refractivity contribution in [3.8, 4) is 0 Å². The highest BCUT2D eigenvalue weighted by molar-refractivity contribution is 5.00. The maximum atomic E-state index is 5.62. The molecule has 4 nitrogen and oxygen atoms in total. The lowest BCUT2D eigenvalue weighted by Crippen LogP contribution is -2.21. The van der Waals surface area contributed by atoms with Gasteiger partial charge >= 0.3 is 0 Å². The van der Waals surface area contributed by atoms with E-state index in [9.17, 15) is 0 Å². The van der Waals surface area contributed by atoms with E-state index in [1.807, 2.05) is 0 Å². The van der Waals surface area contributed by atoms with Crippen molar-refractivity contribution < 1.29 is 0 Å². The summed E-state index contributed by atoms with van der Waals surface area (Å²) in [6, 6.07) is 2.66. The van der Waals surface area contributed by atoms with Gasteiger partial charge in [-0.15, -0.1) is 0 Å². The zero-order valence-electron chi connectivity index (χ0n) is 11.7. The second-order valence-electron chi connectivity index (χ2n) is 5.51. The molecule has 2 atom stereocenters. The van der Waals surface area contributed by atoms with Gasteiger partial charge in [0.15, 0.2) is 0 Å². The van der Waals surface area contributed by atoms with Crippen molar-refractivity contribution in [3.05, 3.63) is 18.0 Å². The average molecular weight is 250 g/mol. The first-order valence-electron chi connectivity index (χ1n) is 7.19. The molecular formula is C14H26N4. The van der Waals surface area contributed by atoms with Crippen LogP contribution in [0.1, 0.15) is 44.8 Å². The summed E-state index contributed by atoms with van der Waals surface area (Å²) in [7, 11) is 0. The van der Waals surface area contributed by atoms with Gasteiger partial charge in [-0.2, -0.15) is 5.10 Å². The molecule has 4 heteroatoms. The minimum absolute atomic E-state index is 0.502. The van der Waals surface area contributed by atoms with Gasteiger partial charge in [0.05, 0.1) is 5.69 Å². The quantitative estimate of drug-likeness (QED) is 0.840. The van der Waals surface area contributed by atoms with Crippen LogP contribution < -0.4 is 5.73 Å². The summed E-state index contributed by atoms with van der Waals surface area (Å²) in [5.41, 5.74) is 6.82. The van der Waals surface area contributed by atoms with Crippen molar-refractivity contribution in [2.24, 2.45) is 11.7 Å². The van der Waals surface area contributed by atoms with Crippen LogP contribution in [0.4, 0.5) is 0 Å². The molecule has 1 aromatic rings. The van der Waals surface area contributed by atoms with Crippen molar-refractivity contribution >= 4 is 0 Å². The molecule has 0 amide bonds. The number of nitrogens with zero attached hydrogens (tertiary/aromatic N) is 3. The summed E-state index contributed by atoms with van der Waals surface area (Å²) in [5.74, 6) is 0.798. The molecule has 2 unspecified atom stereocenters. The van der Waals surface area contributed by atoms with Crippen LogP contribution in [0, 0.1) is 5.92 Å². The second-order valence-corrected chi connectivity index (χ2v) is 5.51. The Balaban J connectivity index is 1.85. The van der Waals surface area contributed by atoms with Crippen LogP contribution in [-0.4, -0.2) is 34.3 Å². The third-order valence-corrected chi connectivity index (χ3v) is 4.04. The van der Waals surface area contributed by atoms with Gasteiger partial charge in [-0.05, 0) is 51.3 Å². The Morgan fingerprint density at radius 1 is 1.56 bits per heavy atom. The van der Waals surface area contributed by atoms with Gasteiger partial charge in [0.1, 0.15) is 0 Å². The number of likely N-dealkylation sites (tertiary alicyclic amines) is 1.